The van der Waals surface area contributed by atoms with Crippen molar-refractivity contribution in [2.45, 2.75) is 58.8 Å². The van der Waals surface area contributed by atoms with Gasteiger partial charge in [0.15, 0.2) is 0 Å². The fraction of sp³-hybridized carbons (Fsp3) is 0.148. The highest BCUT2D eigenvalue weighted by Crippen LogP contribution is 2.53. The van der Waals surface area contributed by atoms with E-state index in [4.69, 9.17) is 0 Å². The van der Waals surface area contributed by atoms with Gasteiger partial charge in [0.05, 0.1) is 0 Å². The molecule has 61 heavy (non-hydrogen) atoms. The van der Waals surface area contributed by atoms with Gasteiger partial charge in [-0.25, -0.2) is 0 Å². The Morgan fingerprint density at radius 2 is 0.541 bits per heavy atom. The minimum absolute atomic E-state index is 0.204. The summed E-state index contributed by atoms with van der Waals surface area (Å²) in [5.41, 5.74) is 18.3. The molecule has 0 aliphatic heterocycles. The standard InChI is InChI=1S/C61H50/c1-37(2)39-23-27-41(28-24-39)57-47-15-7-11-19-51(47)59(52-20-12-8-16-48(52)57)43-31-33-45-46-34-32-44(36-56(46)61(5,6)55(45)35-43)60-53-21-13-9-17-49(53)58(50-18-10-14-22-54(50)60)42-29-25-40(26-30-42)38(3)4/h7-38H,1-6H3. The van der Waals surface area contributed by atoms with Gasteiger partial charge in [0.1, 0.15) is 0 Å². The van der Waals surface area contributed by atoms with Gasteiger partial charge in [0.2, 0.25) is 0 Å². The topological polar surface area (TPSA) is 0 Å². The first-order chi connectivity index (χ1) is 29.7. The Kier molecular flexibility index (Phi) is 8.66. The van der Waals surface area contributed by atoms with Crippen LogP contribution in [0.3, 0.4) is 0 Å². The molecule has 0 nitrogen and oxygen atoms in total. The monoisotopic (exact) mass is 782 g/mol. The van der Waals surface area contributed by atoms with E-state index >= 15 is 0 Å². The van der Waals surface area contributed by atoms with Crippen LogP contribution >= 0.6 is 0 Å². The normalized spacial score (nSPS) is 13.2. The van der Waals surface area contributed by atoms with E-state index in [1.54, 1.807) is 0 Å². The Hall–Kier alpha value is -6.76. The van der Waals surface area contributed by atoms with Crippen LogP contribution < -0.4 is 0 Å². The third-order valence-corrected chi connectivity index (χ3v) is 13.8. The summed E-state index contributed by atoms with van der Waals surface area (Å²) in [7, 11) is 0. The summed E-state index contributed by atoms with van der Waals surface area (Å²) in [4.78, 5) is 0. The largest absolute Gasteiger partial charge is 0.0616 e. The van der Waals surface area contributed by atoms with Crippen molar-refractivity contribution in [2.24, 2.45) is 0 Å². The molecule has 0 aromatic heterocycles. The van der Waals surface area contributed by atoms with Gasteiger partial charge in [-0.3, -0.25) is 0 Å². The Bertz CT molecular complexity index is 3020. The van der Waals surface area contributed by atoms with E-state index in [0.717, 1.165) is 0 Å². The second-order valence-electron chi connectivity index (χ2n) is 18.4. The first-order valence-corrected chi connectivity index (χ1v) is 22.1. The molecule has 294 valence electrons. The van der Waals surface area contributed by atoms with E-state index in [2.05, 4.69) is 224 Å². The number of hydrogen-bond donors (Lipinski definition) is 0. The summed E-state index contributed by atoms with van der Waals surface area (Å²) >= 11 is 0. The van der Waals surface area contributed by atoms with E-state index in [-0.39, 0.29) is 5.41 Å². The SMILES string of the molecule is CC(C)c1ccc(-c2c3ccccc3c(-c3ccc4c(c3)C(C)(C)c3cc(-c5c6ccccc6c(-c6ccc(C(C)C)cc6)c6ccccc56)ccc3-4)c3ccccc23)cc1. The van der Waals surface area contributed by atoms with Crippen molar-refractivity contribution >= 4 is 43.1 Å². The van der Waals surface area contributed by atoms with Crippen LogP contribution in [0.2, 0.25) is 0 Å². The first kappa shape index (κ1) is 37.3. The van der Waals surface area contributed by atoms with E-state index < -0.39 is 0 Å². The molecule has 0 unspecified atom stereocenters. The van der Waals surface area contributed by atoms with Gasteiger partial charge in [-0.2, -0.15) is 0 Å². The molecule has 0 bridgehead atoms. The van der Waals surface area contributed by atoms with Crippen LogP contribution in [0.1, 0.15) is 75.6 Å². The molecular weight excluding hydrogens is 733 g/mol. The van der Waals surface area contributed by atoms with Gasteiger partial charge in [-0.15, -0.1) is 0 Å². The lowest BCUT2D eigenvalue weighted by Crippen LogP contribution is -2.15. The van der Waals surface area contributed by atoms with Crippen molar-refractivity contribution in [1.29, 1.82) is 0 Å². The average Bonchev–Trinajstić information content (AvgIpc) is 3.51. The summed E-state index contributed by atoms with van der Waals surface area (Å²) in [5.74, 6) is 0.993. The van der Waals surface area contributed by atoms with E-state index in [9.17, 15) is 0 Å². The van der Waals surface area contributed by atoms with Crippen LogP contribution in [0, 0.1) is 0 Å². The van der Waals surface area contributed by atoms with Crippen molar-refractivity contribution in [3.8, 4) is 55.6 Å². The minimum atomic E-state index is -0.204. The molecule has 11 rings (SSSR count). The molecule has 0 atom stereocenters. The predicted molar refractivity (Wildman–Crippen MR) is 264 cm³/mol. The van der Waals surface area contributed by atoms with Gasteiger partial charge >= 0.3 is 0 Å². The van der Waals surface area contributed by atoms with E-state index in [0.29, 0.717) is 11.8 Å². The fourth-order valence-electron chi connectivity index (χ4n) is 10.6. The van der Waals surface area contributed by atoms with Crippen LogP contribution in [-0.2, 0) is 5.41 Å². The third-order valence-electron chi connectivity index (χ3n) is 13.8. The van der Waals surface area contributed by atoms with Crippen molar-refractivity contribution in [3.63, 3.8) is 0 Å². The molecule has 10 aromatic rings. The lowest BCUT2D eigenvalue weighted by atomic mass is 9.79. The van der Waals surface area contributed by atoms with Crippen molar-refractivity contribution in [2.75, 3.05) is 0 Å². The molecule has 10 aromatic carbocycles. The zero-order chi connectivity index (χ0) is 41.6. The number of benzene rings is 10. The highest BCUT2D eigenvalue weighted by molar-refractivity contribution is 6.23. The Labute approximate surface area is 360 Å². The molecule has 0 spiro atoms. The van der Waals surface area contributed by atoms with Gasteiger partial charge in [-0.1, -0.05) is 211 Å². The number of rotatable bonds is 6. The van der Waals surface area contributed by atoms with Gasteiger partial charge < -0.3 is 0 Å². The number of hydrogen-bond acceptors (Lipinski definition) is 0. The van der Waals surface area contributed by atoms with Gasteiger partial charge in [0.25, 0.3) is 0 Å². The lowest BCUT2D eigenvalue weighted by molar-refractivity contribution is 0.661. The molecule has 0 fully saturated rings. The van der Waals surface area contributed by atoms with Crippen LogP contribution in [0.4, 0.5) is 0 Å². The van der Waals surface area contributed by atoms with Crippen LogP contribution in [0.5, 0.6) is 0 Å². The molecule has 0 saturated carbocycles. The summed E-state index contributed by atoms with van der Waals surface area (Å²) in [6.45, 7) is 13.9. The smallest absolute Gasteiger partial charge is 0.0159 e. The Balaban J connectivity index is 1.06. The Morgan fingerprint density at radius 1 is 0.295 bits per heavy atom. The summed E-state index contributed by atoms with van der Waals surface area (Å²) in [5, 5.41) is 10.3. The predicted octanol–water partition coefficient (Wildman–Crippen LogP) is 17.5. The second-order valence-corrected chi connectivity index (χ2v) is 18.4. The molecule has 1 aliphatic rings. The van der Waals surface area contributed by atoms with Crippen LogP contribution in [0.15, 0.2) is 182 Å². The second kappa shape index (κ2) is 14.2. The zero-order valence-corrected chi connectivity index (χ0v) is 36.0. The molecule has 0 amide bonds. The average molecular weight is 783 g/mol. The fourth-order valence-corrected chi connectivity index (χ4v) is 10.6. The maximum atomic E-state index is 2.50. The molecule has 1 aliphatic carbocycles. The summed E-state index contributed by atoms with van der Waals surface area (Å²) in [6, 6.07) is 69.1. The highest BCUT2D eigenvalue weighted by atomic mass is 14.4. The molecular formula is C61H50. The van der Waals surface area contributed by atoms with E-state index in [1.165, 1.54) is 121 Å². The first-order valence-electron chi connectivity index (χ1n) is 22.1. The number of fused-ring (bicyclic) bond motifs is 7. The summed E-state index contributed by atoms with van der Waals surface area (Å²) < 4.78 is 0. The van der Waals surface area contributed by atoms with E-state index in [1.807, 2.05) is 0 Å². The third kappa shape index (κ3) is 5.80. The van der Waals surface area contributed by atoms with Crippen molar-refractivity contribution < 1.29 is 0 Å². The van der Waals surface area contributed by atoms with Crippen molar-refractivity contribution in [3.05, 3.63) is 204 Å². The Morgan fingerprint density at radius 3 is 0.803 bits per heavy atom. The van der Waals surface area contributed by atoms with Crippen LogP contribution in [-0.4, -0.2) is 0 Å². The quantitative estimate of drug-likeness (QED) is 0.147. The highest BCUT2D eigenvalue weighted by Gasteiger charge is 2.36. The lowest BCUT2D eigenvalue weighted by Gasteiger charge is -2.24. The molecule has 0 N–H and O–H groups in total. The minimum Gasteiger partial charge on any atom is -0.0616 e. The van der Waals surface area contributed by atoms with Gasteiger partial charge in [0, 0.05) is 5.41 Å². The molecule has 0 heterocycles. The molecule has 0 heteroatoms. The zero-order valence-electron chi connectivity index (χ0n) is 36.0. The molecule has 0 saturated heterocycles. The maximum absolute atomic E-state index is 2.50. The molecule has 0 radical (unpaired) electrons. The summed E-state index contributed by atoms with van der Waals surface area (Å²) in [6.07, 6.45) is 0. The van der Waals surface area contributed by atoms with Crippen LogP contribution in [0.25, 0.3) is 98.7 Å². The maximum Gasteiger partial charge on any atom is 0.0159 e. The van der Waals surface area contributed by atoms with Crippen molar-refractivity contribution in [1.82, 2.24) is 0 Å². The van der Waals surface area contributed by atoms with Gasteiger partial charge in [-0.05, 0) is 145 Å².